The van der Waals surface area contributed by atoms with Crippen LogP contribution in [0.2, 0.25) is 0 Å². The van der Waals surface area contributed by atoms with Gasteiger partial charge < -0.3 is 4.57 Å². The van der Waals surface area contributed by atoms with Crippen molar-refractivity contribution in [3.05, 3.63) is 41.7 Å². The van der Waals surface area contributed by atoms with Crippen molar-refractivity contribution in [1.29, 1.82) is 5.26 Å². The summed E-state index contributed by atoms with van der Waals surface area (Å²) in [6.45, 7) is 2.02. The predicted molar refractivity (Wildman–Crippen MR) is 63.2 cm³/mol. The number of nitriles is 1. The average Bonchev–Trinajstić information content (AvgIpc) is 2.65. The van der Waals surface area contributed by atoms with E-state index in [-0.39, 0.29) is 0 Å². The number of aromatic nitrogens is 2. The Morgan fingerprint density at radius 1 is 1.44 bits per heavy atom. The molecule has 1 heterocycles. The molecule has 3 nitrogen and oxygen atoms in total. The fourth-order valence-electron chi connectivity index (χ4n) is 1.35. The van der Waals surface area contributed by atoms with E-state index in [4.69, 9.17) is 5.26 Å². The topological polar surface area (TPSA) is 41.6 Å². The van der Waals surface area contributed by atoms with Crippen LogP contribution in [-0.2, 0) is 7.05 Å². The van der Waals surface area contributed by atoms with Gasteiger partial charge in [-0.25, -0.2) is 4.98 Å². The van der Waals surface area contributed by atoms with E-state index in [0.717, 1.165) is 15.6 Å². The van der Waals surface area contributed by atoms with Crippen molar-refractivity contribution in [2.24, 2.45) is 7.05 Å². The normalized spacial score (nSPS) is 10.1. The first-order chi connectivity index (χ1) is 7.70. The number of hydrogen-bond acceptors (Lipinski definition) is 3. The Balaban J connectivity index is 2.38. The third kappa shape index (κ3) is 2.10. The van der Waals surface area contributed by atoms with Crippen molar-refractivity contribution in [2.45, 2.75) is 17.0 Å². The van der Waals surface area contributed by atoms with Gasteiger partial charge in [-0.15, -0.1) is 0 Å². The fourth-order valence-corrected chi connectivity index (χ4v) is 2.34. The van der Waals surface area contributed by atoms with Gasteiger partial charge in [-0.05, 0) is 24.6 Å². The van der Waals surface area contributed by atoms with Crippen LogP contribution in [0.1, 0.15) is 11.1 Å². The molecule has 4 heteroatoms. The molecule has 16 heavy (non-hydrogen) atoms. The summed E-state index contributed by atoms with van der Waals surface area (Å²) in [5, 5.41) is 9.91. The second-order valence-corrected chi connectivity index (χ2v) is 4.54. The molecule has 0 aliphatic rings. The zero-order chi connectivity index (χ0) is 11.5. The molecule has 0 aliphatic carbocycles. The van der Waals surface area contributed by atoms with Gasteiger partial charge in [0.05, 0.1) is 5.56 Å². The number of imidazole rings is 1. The lowest BCUT2D eigenvalue weighted by molar-refractivity contribution is 0.790. The van der Waals surface area contributed by atoms with Crippen LogP contribution in [0.4, 0.5) is 0 Å². The highest BCUT2D eigenvalue weighted by atomic mass is 32.2. The molecule has 0 aliphatic heterocycles. The van der Waals surface area contributed by atoms with E-state index in [9.17, 15) is 0 Å². The highest BCUT2D eigenvalue weighted by Gasteiger charge is 2.07. The molecule has 0 spiro atoms. The molecule has 0 N–H and O–H groups in total. The molecular formula is C12H11N3S. The van der Waals surface area contributed by atoms with Gasteiger partial charge >= 0.3 is 0 Å². The number of rotatable bonds is 2. The zero-order valence-corrected chi connectivity index (χ0v) is 9.95. The molecule has 0 unspecified atom stereocenters. The van der Waals surface area contributed by atoms with Crippen LogP contribution in [0.15, 0.2) is 40.6 Å². The van der Waals surface area contributed by atoms with Gasteiger partial charge in [0.15, 0.2) is 5.16 Å². The van der Waals surface area contributed by atoms with E-state index in [1.165, 1.54) is 11.8 Å². The highest BCUT2D eigenvalue weighted by Crippen LogP contribution is 2.29. The lowest BCUT2D eigenvalue weighted by atomic mass is 10.2. The van der Waals surface area contributed by atoms with Gasteiger partial charge in [-0.1, -0.05) is 17.8 Å². The Bertz CT molecular complexity index is 552. The minimum atomic E-state index is 0.693. The van der Waals surface area contributed by atoms with Crippen LogP contribution in [0.3, 0.4) is 0 Å². The summed E-state index contributed by atoms with van der Waals surface area (Å²) < 4.78 is 1.94. The molecule has 1 aromatic carbocycles. The molecule has 80 valence electrons. The van der Waals surface area contributed by atoms with E-state index < -0.39 is 0 Å². The van der Waals surface area contributed by atoms with Crippen molar-refractivity contribution < 1.29 is 0 Å². The Hall–Kier alpha value is -1.73. The maximum atomic E-state index is 9.02. The SMILES string of the molecule is Cc1ccc(C#N)c(Sc2nccn2C)c1. The number of aryl methyl sites for hydroxylation is 2. The van der Waals surface area contributed by atoms with E-state index in [1.54, 1.807) is 6.20 Å². The average molecular weight is 229 g/mol. The van der Waals surface area contributed by atoms with Crippen LogP contribution in [0, 0.1) is 18.3 Å². The number of hydrogen-bond donors (Lipinski definition) is 0. The molecule has 0 atom stereocenters. The summed E-state index contributed by atoms with van der Waals surface area (Å²) in [5.41, 5.74) is 1.84. The number of benzene rings is 1. The van der Waals surface area contributed by atoms with E-state index in [2.05, 4.69) is 11.1 Å². The lowest BCUT2D eigenvalue weighted by Crippen LogP contribution is -1.90. The van der Waals surface area contributed by atoms with Gasteiger partial charge in [0.25, 0.3) is 0 Å². The van der Waals surface area contributed by atoms with Crippen LogP contribution in [-0.4, -0.2) is 9.55 Å². The molecule has 0 radical (unpaired) electrons. The van der Waals surface area contributed by atoms with Crippen molar-refractivity contribution in [3.8, 4) is 6.07 Å². The molecule has 2 rings (SSSR count). The summed E-state index contributed by atoms with van der Waals surface area (Å²) in [4.78, 5) is 5.19. The second kappa shape index (κ2) is 4.42. The smallest absolute Gasteiger partial charge is 0.172 e. The minimum Gasteiger partial charge on any atom is -0.329 e. The monoisotopic (exact) mass is 229 g/mol. The summed E-state index contributed by atoms with van der Waals surface area (Å²) >= 11 is 1.52. The molecule has 0 fully saturated rings. The van der Waals surface area contributed by atoms with Gasteiger partial charge in [0.1, 0.15) is 6.07 Å². The Morgan fingerprint density at radius 3 is 2.88 bits per heavy atom. The van der Waals surface area contributed by atoms with E-state index in [0.29, 0.717) is 5.56 Å². The Kier molecular flexibility index (Phi) is 2.97. The molecule has 0 amide bonds. The van der Waals surface area contributed by atoms with Crippen LogP contribution in [0.5, 0.6) is 0 Å². The summed E-state index contributed by atoms with van der Waals surface area (Å²) in [5.74, 6) is 0. The third-order valence-electron chi connectivity index (χ3n) is 2.24. The van der Waals surface area contributed by atoms with Crippen LogP contribution < -0.4 is 0 Å². The summed E-state index contributed by atoms with van der Waals surface area (Å²) in [7, 11) is 1.94. The quantitative estimate of drug-likeness (QED) is 0.795. The van der Waals surface area contributed by atoms with Crippen molar-refractivity contribution in [2.75, 3.05) is 0 Å². The van der Waals surface area contributed by atoms with Crippen molar-refractivity contribution >= 4 is 11.8 Å². The Labute approximate surface area is 98.7 Å². The largest absolute Gasteiger partial charge is 0.329 e. The first kappa shape index (κ1) is 10.8. The Morgan fingerprint density at radius 2 is 2.25 bits per heavy atom. The van der Waals surface area contributed by atoms with Crippen LogP contribution >= 0.6 is 11.8 Å². The lowest BCUT2D eigenvalue weighted by Gasteiger charge is -2.04. The summed E-state index contributed by atoms with van der Waals surface area (Å²) in [6, 6.07) is 8.00. The molecule has 1 aromatic heterocycles. The second-order valence-electron chi connectivity index (χ2n) is 3.53. The van der Waals surface area contributed by atoms with E-state index >= 15 is 0 Å². The van der Waals surface area contributed by atoms with Gasteiger partial charge in [0.2, 0.25) is 0 Å². The minimum absolute atomic E-state index is 0.693. The van der Waals surface area contributed by atoms with Crippen molar-refractivity contribution in [1.82, 2.24) is 9.55 Å². The van der Waals surface area contributed by atoms with Gasteiger partial charge in [0, 0.05) is 24.3 Å². The highest BCUT2D eigenvalue weighted by molar-refractivity contribution is 7.99. The van der Waals surface area contributed by atoms with Crippen molar-refractivity contribution in [3.63, 3.8) is 0 Å². The molecular weight excluding hydrogens is 218 g/mol. The van der Waals surface area contributed by atoms with Gasteiger partial charge in [-0.3, -0.25) is 0 Å². The molecule has 0 saturated carbocycles. The standard InChI is InChI=1S/C12H11N3S/c1-9-3-4-10(8-13)11(7-9)16-12-14-5-6-15(12)2/h3-7H,1-2H3. The molecule has 0 bridgehead atoms. The summed E-state index contributed by atoms with van der Waals surface area (Å²) in [6.07, 6.45) is 3.65. The maximum absolute atomic E-state index is 9.02. The maximum Gasteiger partial charge on any atom is 0.172 e. The number of nitrogens with zero attached hydrogens (tertiary/aromatic N) is 3. The predicted octanol–water partition coefficient (Wildman–Crippen LogP) is 2.75. The first-order valence-corrected chi connectivity index (χ1v) is 5.68. The molecule has 0 saturated heterocycles. The first-order valence-electron chi connectivity index (χ1n) is 4.86. The third-order valence-corrected chi connectivity index (χ3v) is 3.37. The molecule has 2 aromatic rings. The van der Waals surface area contributed by atoms with E-state index in [1.807, 2.05) is 42.9 Å². The zero-order valence-electron chi connectivity index (χ0n) is 9.14. The van der Waals surface area contributed by atoms with Gasteiger partial charge in [-0.2, -0.15) is 5.26 Å². The van der Waals surface area contributed by atoms with Crippen LogP contribution in [0.25, 0.3) is 0 Å². The fraction of sp³-hybridized carbons (Fsp3) is 0.167.